The van der Waals surface area contributed by atoms with Gasteiger partial charge in [-0.05, 0) is 25.0 Å². The van der Waals surface area contributed by atoms with Crippen molar-refractivity contribution in [2.24, 2.45) is 5.41 Å². The van der Waals surface area contributed by atoms with E-state index >= 15 is 0 Å². The Balaban J connectivity index is 2.18. The van der Waals surface area contributed by atoms with Crippen molar-refractivity contribution in [1.29, 1.82) is 5.26 Å². The van der Waals surface area contributed by atoms with Gasteiger partial charge in [-0.2, -0.15) is 5.26 Å². The molecule has 1 aliphatic carbocycles. The summed E-state index contributed by atoms with van der Waals surface area (Å²) in [7, 11) is 0. The van der Waals surface area contributed by atoms with Gasteiger partial charge in [-0.15, -0.1) is 11.6 Å². The van der Waals surface area contributed by atoms with Crippen LogP contribution in [0.1, 0.15) is 24.8 Å². The normalized spacial score (nSPS) is 15.3. The lowest BCUT2D eigenvalue weighted by atomic mass is 10.0. The first-order valence-electron chi connectivity index (χ1n) is 6.65. The quantitative estimate of drug-likeness (QED) is 0.746. The van der Waals surface area contributed by atoms with Gasteiger partial charge in [0, 0.05) is 29.0 Å². The van der Waals surface area contributed by atoms with Gasteiger partial charge in [-0.25, -0.2) is 4.39 Å². The first kappa shape index (κ1) is 16.1. The molecule has 0 bridgehead atoms. The van der Waals surface area contributed by atoms with E-state index in [1.54, 1.807) is 6.07 Å². The second kappa shape index (κ2) is 6.64. The van der Waals surface area contributed by atoms with E-state index in [1.807, 2.05) is 0 Å². The van der Waals surface area contributed by atoms with Gasteiger partial charge in [-0.1, -0.05) is 17.7 Å². The van der Waals surface area contributed by atoms with Gasteiger partial charge in [0.1, 0.15) is 11.7 Å². The Morgan fingerprint density at radius 1 is 1.48 bits per heavy atom. The molecule has 0 unspecified atom stereocenters. The minimum absolute atomic E-state index is 0.0736. The lowest BCUT2D eigenvalue weighted by Crippen LogP contribution is -2.36. The van der Waals surface area contributed by atoms with Crippen molar-refractivity contribution in [3.05, 3.63) is 34.6 Å². The predicted octanol–water partition coefficient (Wildman–Crippen LogP) is 3.74. The van der Waals surface area contributed by atoms with Gasteiger partial charge in [0.05, 0.1) is 12.6 Å². The molecule has 0 aromatic heterocycles. The zero-order valence-electron chi connectivity index (χ0n) is 11.4. The molecule has 112 valence electrons. The van der Waals surface area contributed by atoms with Gasteiger partial charge >= 0.3 is 0 Å². The third-order valence-electron chi connectivity index (χ3n) is 3.82. The second-order valence-corrected chi connectivity index (χ2v) is 6.09. The van der Waals surface area contributed by atoms with Crippen LogP contribution in [0.15, 0.2) is 18.2 Å². The van der Waals surface area contributed by atoms with Crippen LogP contribution in [0.5, 0.6) is 0 Å². The Morgan fingerprint density at radius 3 is 2.71 bits per heavy atom. The number of carbonyl (C=O) groups is 1. The SMILES string of the molecule is N#CCC1(CN(Cc2c(F)cccc2Cl)C(=O)CCl)CC1. The van der Waals surface area contributed by atoms with Crippen molar-refractivity contribution in [2.75, 3.05) is 12.4 Å². The van der Waals surface area contributed by atoms with Crippen LogP contribution < -0.4 is 0 Å². The highest BCUT2D eigenvalue weighted by atomic mass is 35.5. The van der Waals surface area contributed by atoms with E-state index in [1.165, 1.54) is 17.0 Å². The lowest BCUT2D eigenvalue weighted by Gasteiger charge is -2.26. The predicted molar refractivity (Wildman–Crippen MR) is 79.4 cm³/mol. The first-order chi connectivity index (χ1) is 10.0. The molecule has 6 heteroatoms. The molecule has 1 aliphatic rings. The molecule has 0 heterocycles. The molecule has 1 aromatic rings. The highest BCUT2D eigenvalue weighted by molar-refractivity contribution is 6.31. The van der Waals surface area contributed by atoms with Gasteiger partial charge in [0.25, 0.3) is 0 Å². The van der Waals surface area contributed by atoms with E-state index in [9.17, 15) is 9.18 Å². The van der Waals surface area contributed by atoms with E-state index in [4.69, 9.17) is 28.5 Å². The topological polar surface area (TPSA) is 44.1 Å². The third kappa shape index (κ3) is 3.87. The number of carbonyl (C=O) groups excluding carboxylic acids is 1. The smallest absolute Gasteiger partial charge is 0.237 e. The van der Waals surface area contributed by atoms with E-state index in [2.05, 4.69) is 6.07 Å². The Kier molecular flexibility index (Phi) is 5.08. The average molecular weight is 329 g/mol. The molecule has 0 saturated heterocycles. The van der Waals surface area contributed by atoms with Crippen molar-refractivity contribution in [3.63, 3.8) is 0 Å². The van der Waals surface area contributed by atoms with Crippen LogP contribution in [0.25, 0.3) is 0 Å². The lowest BCUT2D eigenvalue weighted by molar-refractivity contribution is -0.130. The number of amides is 1. The minimum atomic E-state index is -0.444. The number of hydrogen-bond donors (Lipinski definition) is 0. The van der Waals surface area contributed by atoms with Crippen LogP contribution in [0.2, 0.25) is 5.02 Å². The highest BCUT2D eigenvalue weighted by Crippen LogP contribution is 2.49. The third-order valence-corrected chi connectivity index (χ3v) is 4.40. The molecule has 2 rings (SSSR count). The van der Waals surface area contributed by atoms with Gasteiger partial charge in [0.2, 0.25) is 5.91 Å². The molecule has 0 atom stereocenters. The summed E-state index contributed by atoms with van der Waals surface area (Å²) in [6.45, 7) is 0.487. The fourth-order valence-electron chi connectivity index (χ4n) is 2.33. The van der Waals surface area contributed by atoms with Crippen molar-refractivity contribution >= 4 is 29.1 Å². The standard InChI is InChI=1S/C15H15Cl2FN2O/c16-8-14(21)20(10-15(4-5-15)6-7-19)9-11-12(17)2-1-3-13(11)18/h1-3H,4-6,8-10H2. The zero-order valence-corrected chi connectivity index (χ0v) is 12.9. The number of nitrogens with zero attached hydrogens (tertiary/aromatic N) is 2. The van der Waals surface area contributed by atoms with Crippen LogP contribution in [0.4, 0.5) is 4.39 Å². The van der Waals surface area contributed by atoms with Crippen molar-refractivity contribution in [1.82, 2.24) is 4.90 Å². The van der Waals surface area contributed by atoms with Gasteiger partial charge < -0.3 is 4.90 Å². The Hall–Kier alpha value is -1.31. The summed E-state index contributed by atoms with van der Waals surface area (Å²) in [5.74, 6) is -0.894. The van der Waals surface area contributed by atoms with Crippen LogP contribution in [-0.4, -0.2) is 23.2 Å². The van der Waals surface area contributed by atoms with Crippen molar-refractivity contribution < 1.29 is 9.18 Å². The van der Waals surface area contributed by atoms with Crippen LogP contribution in [0.3, 0.4) is 0 Å². The molecular weight excluding hydrogens is 314 g/mol. The fourth-order valence-corrected chi connectivity index (χ4v) is 2.72. The second-order valence-electron chi connectivity index (χ2n) is 5.42. The summed E-state index contributed by atoms with van der Waals surface area (Å²) >= 11 is 11.6. The fraction of sp³-hybridized carbons (Fsp3) is 0.467. The van der Waals surface area contributed by atoms with Crippen molar-refractivity contribution in [3.8, 4) is 6.07 Å². The first-order valence-corrected chi connectivity index (χ1v) is 7.56. The monoisotopic (exact) mass is 328 g/mol. The Labute approximate surface area is 133 Å². The highest BCUT2D eigenvalue weighted by Gasteiger charge is 2.44. The number of nitriles is 1. The summed E-state index contributed by atoms with van der Waals surface area (Å²) in [5, 5.41) is 9.15. The van der Waals surface area contributed by atoms with Crippen LogP contribution in [0, 0.1) is 22.6 Å². The number of alkyl halides is 1. The van der Waals surface area contributed by atoms with Gasteiger partial charge in [-0.3, -0.25) is 4.79 Å². The summed E-state index contributed by atoms with van der Waals surface area (Å²) in [5.41, 5.74) is 0.124. The summed E-state index contributed by atoms with van der Waals surface area (Å²) < 4.78 is 13.9. The molecule has 1 saturated carbocycles. The molecule has 1 aromatic carbocycles. The average Bonchev–Trinajstić information content (AvgIpc) is 3.21. The molecule has 21 heavy (non-hydrogen) atoms. The Bertz CT molecular complexity index is 561. The maximum Gasteiger partial charge on any atom is 0.237 e. The molecule has 0 aliphatic heterocycles. The maximum atomic E-state index is 13.9. The minimum Gasteiger partial charge on any atom is -0.337 e. The largest absolute Gasteiger partial charge is 0.337 e. The molecule has 0 N–H and O–H groups in total. The molecular formula is C15H15Cl2FN2O. The van der Waals surface area contributed by atoms with E-state index in [0.29, 0.717) is 13.0 Å². The summed E-state index contributed by atoms with van der Waals surface area (Å²) in [6, 6.07) is 6.57. The number of benzene rings is 1. The summed E-state index contributed by atoms with van der Waals surface area (Å²) in [6.07, 6.45) is 2.19. The molecule has 1 fully saturated rings. The van der Waals surface area contributed by atoms with E-state index < -0.39 is 5.82 Å². The molecule has 0 spiro atoms. The molecule has 3 nitrogen and oxygen atoms in total. The van der Waals surface area contributed by atoms with Crippen LogP contribution >= 0.6 is 23.2 Å². The molecule has 0 radical (unpaired) electrons. The Morgan fingerprint density at radius 2 is 2.19 bits per heavy atom. The maximum absolute atomic E-state index is 13.9. The van der Waals surface area contributed by atoms with E-state index in [0.717, 1.165) is 12.8 Å². The molecule has 1 amide bonds. The van der Waals surface area contributed by atoms with Crippen molar-refractivity contribution in [2.45, 2.75) is 25.8 Å². The van der Waals surface area contributed by atoms with Gasteiger partial charge in [0.15, 0.2) is 0 Å². The number of halogens is 3. The number of rotatable bonds is 6. The van der Waals surface area contributed by atoms with E-state index in [-0.39, 0.29) is 34.3 Å². The summed E-state index contributed by atoms with van der Waals surface area (Å²) in [4.78, 5) is 13.5. The number of hydrogen-bond acceptors (Lipinski definition) is 2. The van der Waals surface area contributed by atoms with Crippen LogP contribution in [-0.2, 0) is 11.3 Å². The zero-order chi connectivity index (χ0) is 15.5.